The first kappa shape index (κ1) is 12.1. The lowest BCUT2D eigenvalue weighted by molar-refractivity contribution is 0.0702. The Morgan fingerprint density at radius 1 is 1.67 bits per heavy atom. The molecule has 0 amide bonds. The average molecular weight is 251 g/mol. The van der Waals surface area contributed by atoms with Gasteiger partial charge >= 0.3 is 5.97 Å². The SMILES string of the molecule is CCONS(=O)(=O)c1csc(C(=O)O)c1. The van der Waals surface area contributed by atoms with Gasteiger partial charge in [-0.1, -0.05) is 4.89 Å². The number of nitrogens with one attached hydrogen (secondary N) is 1. The maximum Gasteiger partial charge on any atom is 0.345 e. The van der Waals surface area contributed by atoms with E-state index in [4.69, 9.17) is 5.11 Å². The summed E-state index contributed by atoms with van der Waals surface area (Å²) in [7, 11) is -3.76. The number of thiophene rings is 1. The maximum atomic E-state index is 11.4. The van der Waals surface area contributed by atoms with Crippen molar-refractivity contribution in [2.45, 2.75) is 11.8 Å². The summed E-state index contributed by atoms with van der Waals surface area (Å²) in [5.74, 6) is -1.15. The Bertz CT molecular complexity index is 450. The van der Waals surface area contributed by atoms with Crippen LogP contribution >= 0.6 is 11.3 Å². The smallest absolute Gasteiger partial charge is 0.345 e. The molecule has 84 valence electrons. The van der Waals surface area contributed by atoms with Gasteiger partial charge in [0.1, 0.15) is 4.88 Å². The van der Waals surface area contributed by atoms with Crippen molar-refractivity contribution in [2.24, 2.45) is 0 Å². The molecule has 0 spiro atoms. The van der Waals surface area contributed by atoms with E-state index in [0.29, 0.717) is 0 Å². The first-order chi connectivity index (χ1) is 6.97. The summed E-state index contributed by atoms with van der Waals surface area (Å²) in [5.41, 5.74) is 0. The highest BCUT2D eigenvalue weighted by atomic mass is 32.2. The van der Waals surface area contributed by atoms with Gasteiger partial charge in [0.05, 0.1) is 11.5 Å². The molecule has 0 aromatic carbocycles. The molecule has 0 saturated carbocycles. The first-order valence-electron chi connectivity index (χ1n) is 3.93. The van der Waals surface area contributed by atoms with Crippen molar-refractivity contribution in [1.29, 1.82) is 0 Å². The van der Waals surface area contributed by atoms with Gasteiger partial charge in [0, 0.05) is 5.38 Å². The van der Waals surface area contributed by atoms with E-state index in [2.05, 4.69) is 4.84 Å². The van der Waals surface area contributed by atoms with Crippen molar-refractivity contribution in [3.05, 3.63) is 16.3 Å². The molecule has 0 aliphatic heterocycles. The molecule has 0 unspecified atom stereocenters. The van der Waals surface area contributed by atoms with Crippen LogP contribution in [0.3, 0.4) is 0 Å². The van der Waals surface area contributed by atoms with Gasteiger partial charge < -0.3 is 5.11 Å². The Balaban J connectivity index is 2.91. The highest BCUT2D eigenvalue weighted by molar-refractivity contribution is 7.89. The molecule has 1 aromatic heterocycles. The minimum atomic E-state index is -3.76. The quantitative estimate of drug-likeness (QED) is 0.750. The van der Waals surface area contributed by atoms with Crippen LogP contribution in [0.15, 0.2) is 16.3 Å². The van der Waals surface area contributed by atoms with E-state index >= 15 is 0 Å². The van der Waals surface area contributed by atoms with E-state index in [0.717, 1.165) is 17.4 Å². The molecule has 15 heavy (non-hydrogen) atoms. The number of aromatic carboxylic acids is 1. The van der Waals surface area contributed by atoms with Crippen molar-refractivity contribution in [3.63, 3.8) is 0 Å². The van der Waals surface area contributed by atoms with E-state index in [1.165, 1.54) is 5.38 Å². The zero-order chi connectivity index (χ0) is 11.5. The number of hydrogen-bond donors (Lipinski definition) is 2. The van der Waals surface area contributed by atoms with Crippen molar-refractivity contribution >= 4 is 27.3 Å². The molecule has 0 bridgehead atoms. The number of carboxylic acid groups (broad SMARTS) is 1. The lowest BCUT2D eigenvalue weighted by atomic mass is 10.5. The number of carboxylic acids is 1. The molecule has 8 heteroatoms. The Morgan fingerprint density at radius 3 is 2.80 bits per heavy atom. The Hall–Kier alpha value is -0.960. The molecular formula is C7H9NO5S2. The molecule has 0 saturated heterocycles. The van der Waals surface area contributed by atoms with E-state index in [9.17, 15) is 13.2 Å². The van der Waals surface area contributed by atoms with Gasteiger partial charge in [-0.15, -0.1) is 11.3 Å². The van der Waals surface area contributed by atoms with Crippen LogP contribution in [-0.2, 0) is 14.9 Å². The van der Waals surface area contributed by atoms with Crippen molar-refractivity contribution < 1.29 is 23.2 Å². The summed E-state index contributed by atoms with van der Waals surface area (Å²) in [4.78, 5) is 16.8. The third kappa shape index (κ3) is 2.99. The Morgan fingerprint density at radius 2 is 2.33 bits per heavy atom. The number of sulfonamides is 1. The zero-order valence-corrected chi connectivity index (χ0v) is 9.39. The summed E-state index contributed by atoms with van der Waals surface area (Å²) in [6.45, 7) is 1.81. The van der Waals surface area contributed by atoms with Crippen LogP contribution in [0.5, 0.6) is 0 Å². The van der Waals surface area contributed by atoms with Gasteiger partial charge in [-0.25, -0.2) is 13.2 Å². The van der Waals surface area contributed by atoms with Gasteiger partial charge in [0.25, 0.3) is 10.0 Å². The second-order valence-corrected chi connectivity index (χ2v) is 5.03. The summed E-state index contributed by atoms with van der Waals surface area (Å²) in [6, 6.07) is 1.08. The van der Waals surface area contributed by atoms with Crippen molar-refractivity contribution in [2.75, 3.05) is 6.61 Å². The summed E-state index contributed by atoms with van der Waals surface area (Å²) >= 11 is 0.844. The van der Waals surface area contributed by atoms with Gasteiger partial charge in [-0.2, -0.15) is 0 Å². The van der Waals surface area contributed by atoms with Crippen LogP contribution in [0.4, 0.5) is 0 Å². The summed E-state index contributed by atoms with van der Waals surface area (Å²) < 4.78 is 22.8. The third-order valence-corrected chi connectivity index (χ3v) is 3.67. The Labute approximate surface area is 90.5 Å². The second kappa shape index (κ2) is 4.71. The van der Waals surface area contributed by atoms with Crippen molar-refractivity contribution in [1.82, 2.24) is 4.89 Å². The Kier molecular flexibility index (Phi) is 3.80. The van der Waals surface area contributed by atoms with Crippen LogP contribution in [0, 0.1) is 0 Å². The predicted molar refractivity (Wildman–Crippen MR) is 53.2 cm³/mol. The minimum Gasteiger partial charge on any atom is -0.477 e. The second-order valence-electron chi connectivity index (χ2n) is 2.47. The molecule has 0 aliphatic carbocycles. The fraction of sp³-hybridized carbons (Fsp3) is 0.286. The van der Waals surface area contributed by atoms with Gasteiger partial charge in [0.2, 0.25) is 0 Å². The molecule has 0 fully saturated rings. The van der Waals surface area contributed by atoms with Gasteiger partial charge in [-0.05, 0) is 13.0 Å². The molecule has 0 atom stereocenters. The fourth-order valence-corrected chi connectivity index (χ4v) is 2.73. The topological polar surface area (TPSA) is 92.7 Å². The molecule has 6 nitrogen and oxygen atoms in total. The van der Waals surface area contributed by atoms with E-state index < -0.39 is 16.0 Å². The maximum absolute atomic E-state index is 11.4. The lowest BCUT2D eigenvalue weighted by Crippen LogP contribution is -2.23. The normalized spacial score (nSPS) is 11.5. The number of carbonyl (C=O) groups is 1. The van der Waals surface area contributed by atoms with Crippen LogP contribution < -0.4 is 4.89 Å². The summed E-state index contributed by atoms with van der Waals surface area (Å²) in [6.07, 6.45) is 0. The van der Waals surface area contributed by atoms with Crippen LogP contribution in [0.1, 0.15) is 16.6 Å². The molecule has 1 rings (SSSR count). The van der Waals surface area contributed by atoms with Gasteiger partial charge in [-0.3, -0.25) is 4.84 Å². The zero-order valence-electron chi connectivity index (χ0n) is 7.76. The average Bonchev–Trinajstić information content (AvgIpc) is 2.64. The highest BCUT2D eigenvalue weighted by Gasteiger charge is 2.18. The largest absolute Gasteiger partial charge is 0.477 e. The van der Waals surface area contributed by atoms with Crippen molar-refractivity contribution in [3.8, 4) is 0 Å². The first-order valence-corrected chi connectivity index (χ1v) is 6.29. The highest BCUT2D eigenvalue weighted by Crippen LogP contribution is 2.18. The minimum absolute atomic E-state index is 0.0353. The molecule has 1 heterocycles. The predicted octanol–water partition coefficient (Wildman–Crippen LogP) is 0.676. The molecule has 1 aromatic rings. The van der Waals surface area contributed by atoms with Crippen LogP contribution in [-0.4, -0.2) is 26.1 Å². The summed E-state index contributed by atoms with van der Waals surface area (Å²) in [5, 5.41) is 9.84. The van der Waals surface area contributed by atoms with Crippen LogP contribution in [0.25, 0.3) is 0 Å². The lowest BCUT2D eigenvalue weighted by Gasteiger charge is -2.02. The molecular weight excluding hydrogens is 242 g/mol. The molecule has 0 aliphatic rings. The van der Waals surface area contributed by atoms with E-state index in [-0.39, 0.29) is 16.4 Å². The van der Waals surface area contributed by atoms with Crippen LogP contribution in [0.2, 0.25) is 0 Å². The van der Waals surface area contributed by atoms with E-state index in [1.807, 2.05) is 4.89 Å². The standard InChI is InChI=1S/C7H9NO5S2/c1-2-13-8-15(11,12)5-3-6(7(9)10)14-4-5/h3-4,8H,2H2,1H3,(H,9,10). The molecule has 2 N–H and O–H groups in total. The fourth-order valence-electron chi connectivity index (χ4n) is 0.756. The van der Waals surface area contributed by atoms with Gasteiger partial charge in [0.15, 0.2) is 0 Å². The monoisotopic (exact) mass is 251 g/mol. The number of hydrogen-bond acceptors (Lipinski definition) is 5. The molecule has 0 radical (unpaired) electrons. The third-order valence-electron chi connectivity index (χ3n) is 1.41. The number of rotatable bonds is 5. The van der Waals surface area contributed by atoms with E-state index in [1.54, 1.807) is 6.92 Å².